The Morgan fingerprint density at radius 3 is 2.57 bits per heavy atom. The van der Waals surface area contributed by atoms with E-state index in [1.165, 1.54) is 0 Å². The van der Waals surface area contributed by atoms with Crippen molar-refractivity contribution in [2.75, 3.05) is 58.8 Å². The van der Waals surface area contributed by atoms with Crippen LogP contribution in [0, 0.1) is 17.1 Å². The highest BCUT2D eigenvalue weighted by atomic mass is 35.5. The van der Waals surface area contributed by atoms with Gasteiger partial charge in [-0.15, -0.1) is 0 Å². The lowest BCUT2D eigenvalue weighted by Gasteiger charge is -2.37. The number of nitrogens with one attached hydrogen (secondary N) is 3. The molecule has 2 aromatic rings. The maximum absolute atomic E-state index is 15.2. The summed E-state index contributed by atoms with van der Waals surface area (Å²) in [5, 5.41) is 17.3. The van der Waals surface area contributed by atoms with Gasteiger partial charge in [-0.05, 0) is 44.3 Å². The minimum absolute atomic E-state index is 0.0265. The summed E-state index contributed by atoms with van der Waals surface area (Å²) in [5.41, 5.74) is 7.27. The summed E-state index contributed by atoms with van der Waals surface area (Å²) in [7, 11) is 4.19. The molecular weight excluding hydrogens is 574 g/mol. The number of rotatable bonds is 10. The standard InChI is InChI=1S/C31H37Cl2FN8/c1-23(41-19-17-40(18-20-41)16-15-39(2)3)26-9-7-25(21-28(26)32)38-42-14-13-36-11-12-37-22-29(42)27-8-6-24(5-4-10-35)31(34)30(27)33/h6-9,11-14,21-22,36-38H,1,4-5,15-20H2,2-3H3. The van der Waals surface area contributed by atoms with Crippen molar-refractivity contribution in [3.05, 3.63) is 100 Å². The van der Waals surface area contributed by atoms with E-state index < -0.39 is 5.82 Å². The van der Waals surface area contributed by atoms with Crippen LogP contribution in [0.4, 0.5) is 10.1 Å². The lowest BCUT2D eigenvalue weighted by molar-refractivity contribution is 0.164. The summed E-state index contributed by atoms with van der Waals surface area (Å²) in [6.45, 7) is 10.2. The molecule has 0 amide bonds. The van der Waals surface area contributed by atoms with Crippen LogP contribution in [0.3, 0.4) is 0 Å². The van der Waals surface area contributed by atoms with E-state index in [2.05, 4.69) is 51.4 Å². The molecule has 0 aliphatic carbocycles. The first kappa shape index (κ1) is 31.3. The third-order valence-electron chi connectivity index (χ3n) is 7.17. The van der Waals surface area contributed by atoms with Gasteiger partial charge in [-0.2, -0.15) is 5.26 Å². The molecule has 42 heavy (non-hydrogen) atoms. The Bertz CT molecular complexity index is 1390. The van der Waals surface area contributed by atoms with Gasteiger partial charge in [0.1, 0.15) is 5.82 Å². The Labute approximate surface area is 257 Å². The van der Waals surface area contributed by atoms with Crippen molar-refractivity contribution in [2.24, 2.45) is 0 Å². The molecule has 2 heterocycles. The zero-order chi connectivity index (χ0) is 30.1. The van der Waals surface area contributed by atoms with Crippen LogP contribution in [0.1, 0.15) is 23.1 Å². The number of piperazine rings is 1. The van der Waals surface area contributed by atoms with E-state index in [4.69, 9.17) is 28.5 Å². The number of aryl methyl sites for hydroxylation is 1. The van der Waals surface area contributed by atoms with Gasteiger partial charge in [-0.25, -0.2) is 4.39 Å². The van der Waals surface area contributed by atoms with Crippen LogP contribution in [-0.2, 0) is 6.42 Å². The summed E-state index contributed by atoms with van der Waals surface area (Å²) in [6, 6.07) is 11.2. The molecule has 0 saturated carbocycles. The van der Waals surface area contributed by atoms with Gasteiger partial charge in [-0.3, -0.25) is 15.3 Å². The minimum Gasteiger partial charge on any atom is -0.369 e. The number of nitrogens with zero attached hydrogens (tertiary/aromatic N) is 5. The number of likely N-dealkylation sites (N-methyl/N-ethyl adjacent to an activating group) is 1. The topological polar surface area (TPSA) is 72.8 Å². The summed E-state index contributed by atoms with van der Waals surface area (Å²) in [4.78, 5) is 6.96. The monoisotopic (exact) mass is 610 g/mol. The fourth-order valence-electron chi connectivity index (χ4n) is 4.73. The molecule has 0 radical (unpaired) electrons. The smallest absolute Gasteiger partial charge is 0.145 e. The molecule has 2 aliphatic heterocycles. The van der Waals surface area contributed by atoms with E-state index in [9.17, 15) is 0 Å². The number of benzene rings is 2. The lowest BCUT2D eigenvalue weighted by Crippen LogP contribution is -2.47. The van der Waals surface area contributed by atoms with Crippen molar-refractivity contribution < 1.29 is 4.39 Å². The van der Waals surface area contributed by atoms with Gasteiger partial charge in [-0.1, -0.05) is 41.9 Å². The summed E-state index contributed by atoms with van der Waals surface area (Å²) in [5.74, 6) is -0.535. The van der Waals surface area contributed by atoms with Crippen LogP contribution in [0.2, 0.25) is 10.0 Å². The normalized spacial score (nSPS) is 15.7. The van der Waals surface area contributed by atoms with Crippen LogP contribution in [-0.4, -0.2) is 73.1 Å². The zero-order valence-corrected chi connectivity index (χ0v) is 25.5. The molecule has 1 saturated heterocycles. The average molecular weight is 612 g/mol. The van der Waals surface area contributed by atoms with Crippen LogP contribution in [0.15, 0.2) is 67.9 Å². The molecule has 4 rings (SSSR count). The molecule has 0 bridgehead atoms. The highest BCUT2D eigenvalue weighted by molar-refractivity contribution is 6.33. The number of hydrazine groups is 1. The summed E-state index contributed by atoms with van der Waals surface area (Å²) < 4.78 is 15.2. The van der Waals surface area contributed by atoms with E-state index in [0.717, 1.165) is 56.2 Å². The van der Waals surface area contributed by atoms with Gasteiger partial charge >= 0.3 is 0 Å². The Hall–Kier alpha value is -3.68. The van der Waals surface area contributed by atoms with Gasteiger partial charge < -0.3 is 20.4 Å². The molecule has 0 spiro atoms. The van der Waals surface area contributed by atoms with Gasteiger partial charge in [0.2, 0.25) is 0 Å². The third kappa shape index (κ3) is 7.99. The molecule has 2 aliphatic rings. The molecule has 8 nitrogen and oxygen atoms in total. The van der Waals surface area contributed by atoms with Crippen molar-refractivity contribution in [2.45, 2.75) is 12.8 Å². The van der Waals surface area contributed by atoms with Gasteiger partial charge in [0, 0.05) is 93.5 Å². The van der Waals surface area contributed by atoms with Gasteiger partial charge in [0.05, 0.1) is 27.5 Å². The van der Waals surface area contributed by atoms with Gasteiger partial charge in [0.15, 0.2) is 0 Å². The molecule has 2 aromatic carbocycles. The van der Waals surface area contributed by atoms with E-state index in [1.807, 2.05) is 24.3 Å². The van der Waals surface area contributed by atoms with Crippen molar-refractivity contribution in [3.63, 3.8) is 0 Å². The highest BCUT2D eigenvalue weighted by Crippen LogP contribution is 2.33. The fourth-order valence-corrected chi connectivity index (χ4v) is 5.30. The van der Waals surface area contributed by atoms with Crippen LogP contribution in [0.25, 0.3) is 11.4 Å². The first-order valence-corrected chi connectivity index (χ1v) is 14.6. The first-order chi connectivity index (χ1) is 20.3. The summed E-state index contributed by atoms with van der Waals surface area (Å²) in [6.07, 6.45) is 9.13. The van der Waals surface area contributed by atoms with Crippen LogP contribution < -0.4 is 16.1 Å². The predicted molar refractivity (Wildman–Crippen MR) is 170 cm³/mol. The van der Waals surface area contributed by atoms with Crippen LogP contribution in [0.5, 0.6) is 0 Å². The summed E-state index contributed by atoms with van der Waals surface area (Å²) >= 11 is 13.3. The number of halogens is 3. The molecule has 222 valence electrons. The number of nitriles is 1. The third-order valence-corrected chi connectivity index (χ3v) is 7.85. The quantitative estimate of drug-likeness (QED) is 0.326. The molecule has 1 fully saturated rings. The van der Waals surface area contributed by atoms with E-state index in [1.54, 1.807) is 48.1 Å². The number of hydrogen-bond acceptors (Lipinski definition) is 8. The largest absolute Gasteiger partial charge is 0.369 e. The molecule has 11 heteroatoms. The van der Waals surface area contributed by atoms with E-state index in [0.29, 0.717) is 21.8 Å². The predicted octanol–water partition coefficient (Wildman–Crippen LogP) is 5.50. The second-order valence-corrected chi connectivity index (χ2v) is 11.1. The second kappa shape index (κ2) is 15.0. The molecule has 0 atom stereocenters. The second-order valence-electron chi connectivity index (χ2n) is 10.3. The highest BCUT2D eigenvalue weighted by Gasteiger charge is 2.21. The maximum atomic E-state index is 15.2. The van der Waals surface area contributed by atoms with Crippen molar-refractivity contribution in [3.8, 4) is 6.07 Å². The lowest BCUT2D eigenvalue weighted by atomic mass is 10.0. The van der Waals surface area contributed by atoms with Crippen LogP contribution >= 0.6 is 23.2 Å². The van der Waals surface area contributed by atoms with Gasteiger partial charge in [0.25, 0.3) is 0 Å². The average Bonchev–Trinajstić information content (AvgIpc) is 3.09. The zero-order valence-electron chi connectivity index (χ0n) is 24.0. The van der Waals surface area contributed by atoms with Crippen molar-refractivity contribution >= 4 is 40.3 Å². The minimum atomic E-state index is -0.535. The molecule has 0 unspecified atom stereocenters. The number of hydrogen-bond donors (Lipinski definition) is 3. The van der Waals surface area contributed by atoms with Crippen molar-refractivity contribution in [1.29, 1.82) is 5.26 Å². The Morgan fingerprint density at radius 2 is 1.86 bits per heavy atom. The van der Waals surface area contributed by atoms with E-state index in [-0.39, 0.29) is 17.9 Å². The Morgan fingerprint density at radius 1 is 1.10 bits per heavy atom. The number of anilines is 1. The fraction of sp³-hybridized carbons (Fsp3) is 0.323. The molecule has 3 N–H and O–H groups in total. The SMILES string of the molecule is C=C(c1ccc(NN2C=CNC=CNC=C2c2ccc(CCC#N)c(F)c2Cl)cc1Cl)N1CCN(CCN(C)C)CC1. The first-order valence-electron chi connectivity index (χ1n) is 13.8. The van der Waals surface area contributed by atoms with Crippen molar-refractivity contribution in [1.82, 2.24) is 30.3 Å². The van der Waals surface area contributed by atoms with E-state index >= 15 is 4.39 Å². The molecule has 0 aromatic heterocycles. The molecular formula is C31H37Cl2FN8. The Kier molecular flexibility index (Phi) is 11.2. The maximum Gasteiger partial charge on any atom is 0.145 e. The Balaban J connectivity index is 1.51.